The number of alkyl halides is 2. The summed E-state index contributed by atoms with van der Waals surface area (Å²) in [6, 6.07) is 0. The van der Waals surface area contributed by atoms with Crippen molar-refractivity contribution in [3.8, 4) is 0 Å². The maximum atomic E-state index is 2.42. The molecule has 2 heteroatoms. The van der Waals surface area contributed by atoms with E-state index >= 15 is 0 Å². The van der Waals surface area contributed by atoms with Crippen LogP contribution in [0.1, 0.15) is 26.7 Å². The summed E-state index contributed by atoms with van der Waals surface area (Å²) in [6.07, 6.45) is 2.82. The molecular formula is C8H19IN-. The first-order chi connectivity index (χ1) is 4.81. The summed E-state index contributed by atoms with van der Waals surface area (Å²) in [5.41, 5.74) is 0. The summed E-state index contributed by atoms with van der Waals surface area (Å²) in [7, 11) is 2.21. The summed E-state index contributed by atoms with van der Waals surface area (Å²) in [5, 5.41) is 0. The second kappa shape index (κ2) is 7.79. The van der Waals surface area contributed by atoms with Crippen molar-refractivity contribution in [1.82, 2.24) is 4.90 Å². The van der Waals surface area contributed by atoms with E-state index in [1.807, 2.05) is 0 Å². The van der Waals surface area contributed by atoms with Crippen LogP contribution in [0.4, 0.5) is 0 Å². The van der Waals surface area contributed by atoms with Gasteiger partial charge in [-0.05, 0) is 0 Å². The average Bonchev–Trinajstić information content (AvgIpc) is 1.98. The molecule has 0 aliphatic heterocycles. The van der Waals surface area contributed by atoms with Crippen molar-refractivity contribution in [3.63, 3.8) is 0 Å². The average molecular weight is 256 g/mol. The van der Waals surface area contributed by atoms with Gasteiger partial charge in [0.25, 0.3) is 0 Å². The van der Waals surface area contributed by atoms with Crippen LogP contribution in [-0.4, -0.2) is 27.5 Å². The Morgan fingerprint density at radius 3 is 2.50 bits per heavy atom. The SMILES string of the molecule is CCCC[I-]CN(C)CC. The zero-order valence-electron chi connectivity index (χ0n) is 7.36. The summed E-state index contributed by atoms with van der Waals surface area (Å²) < 4.78 is 2.90. The first-order valence-corrected chi connectivity index (χ1v) is 7.08. The fourth-order valence-electron chi connectivity index (χ4n) is 0.517. The normalized spacial score (nSPS) is 11.2. The van der Waals surface area contributed by atoms with E-state index in [4.69, 9.17) is 0 Å². The molecule has 0 spiro atoms. The van der Waals surface area contributed by atoms with Gasteiger partial charge in [-0.2, -0.15) is 0 Å². The van der Waals surface area contributed by atoms with Crippen molar-refractivity contribution in [2.75, 3.05) is 22.6 Å². The summed E-state index contributed by atoms with van der Waals surface area (Å²) in [4.78, 5) is 2.42. The van der Waals surface area contributed by atoms with Gasteiger partial charge < -0.3 is 0 Å². The molecule has 0 saturated heterocycles. The Kier molecular flexibility index (Phi) is 8.33. The van der Waals surface area contributed by atoms with Crippen LogP contribution in [0.3, 0.4) is 0 Å². The van der Waals surface area contributed by atoms with Crippen LogP contribution in [0.25, 0.3) is 0 Å². The maximum absolute atomic E-state index is 2.42. The van der Waals surface area contributed by atoms with Gasteiger partial charge >= 0.3 is 75.4 Å². The first-order valence-electron chi connectivity index (χ1n) is 4.03. The van der Waals surface area contributed by atoms with Crippen LogP contribution in [0, 0.1) is 0 Å². The predicted molar refractivity (Wildman–Crippen MR) is 42.9 cm³/mol. The van der Waals surface area contributed by atoms with E-state index in [1.165, 1.54) is 28.4 Å². The van der Waals surface area contributed by atoms with Gasteiger partial charge in [0.2, 0.25) is 0 Å². The van der Waals surface area contributed by atoms with Gasteiger partial charge in [0.05, 0.1) is 0 Å². The molecule has 0 atom stereocenters. The van der Waals surface area contributed by atoms with Crippen LogP contribution in [0.5, 0.6) is 0 Å². The van der Waals surface area contributed by atoms with Gasteiger partial charge in [-0.3, -0.25) is 0 Å². The standard InChI is InChI=1S/C8H19IN/c1-4-6-7-9-8-10(3)5-2/h4-8H2,1-3H3/q-1. The molecule has 0 heterocycles. The second-order valence-corrected chi connectivity index (χ2v) is 5.36. The van der Waals surface area contributed by atoms with Gasteiger partial charge in [-0.1, -0.05) is 0 Å². The molecule has 0 bridgehead atoms. The molecular weight excluding hydrogens is 237 g/mol. The molecule has 0 aromatic carbocycles. The van der Waals surface area contributed by atoms with E-state index in [2.05, 4.69) is 25.8 Å². The molecule has 64 valence electrons. The van der Waals surface area contributed by atoms with Crippen molar-refractivity contribution in [2.45, 2.75) is 26.7 Å². The topological polar surface area (TPSA) is 3.24 Å². The van der Waals surface area contributed by atoms with E-state index in [-0.39, 0.29) is 0 Å². The summed E-state index contributed by atoms with van der Waals surface area (Å²) >= 11 is 0.498. The Labute approximate surface area is 75.4 Å². The van der Waals surface area contributed by atoms with E-state index in [1.54, 1.807) is 0 Å². The van der Waals surface area contributed by atoms with E-state index < -0.39 is 0 Å². The van der Waals surface area contributed by atoms with Crippen molar-refractivity contribution in [2.24, 2.45) is 0 Å². The Morgan fingerprint density at radius 2 is 2.00 bits per heavy atom. The molecule has 1 nitrogen and oxygen atoms in total. The molecule has 0 fully saturated rings. The molecule has 0 aromatic heterocycles. The third kappa shape index (κ3) is 6.81. The minimum atomic E-state index is 0.498. The number of nitrogens with zero attached hydrogens (tertiary/aromatic N) is 1. The molecule has 0 aliphatic rings. The number of unbranched alkanes of at least 4 members (excludes halogenated alkanes) is 1. The van der Waals surface area contributed by atoms with Crippen molar-refractivity contribution < 1.29 is 21.2 Å². The molecule has 10 heavy (non-hydrogen) atoms. The second-order valence-electron chi connectivity index (χ2n) is 2.52. The zero-order valence-corrected chi connectivity index (χ0v) is 9.52. The number of rotatable bonds is 6. The molecule has 0 amide bonds. The van der Waals surface area contributed by atoms with Crippen LogP contribution >= 0.6 is 0 Å². The summed E-state index contributed by atoms with van der Waals surface area (Å²) in [6.45, 7) is 5.71. The predicted octanol–water partition coefficient (Wildman–Crippen LogP) is -1.22. The number of hydrogen-bond acceptors (Lipinski definition) is 1. The zero-order chi connectivity index (χ0) is 7.82. The molecule has 0 aromatic rings. The minimum absolute atomic E-state index is 0.498. The molecule has 0 rings (SSSR count). The molecule has 0 radical (unpaired) electrons. The fraction of sp³-hybridized carbons (Fsp3) is 1.00. The van der Waals surface area contributed by atoms with Crippen molar-refractivity contribution >= 4 is 0 Å². The fourth-order valence-corrected chi connectivity index (χ4v) is 3.47. The van der Waals surface area contributed by atoms with Crippen LogP contribution < -0.4 is 21.2 Å². The van der Waals surface area contributed by atoms with Crippen LogP contribution in [0.15, 0.2) is 0 Å². The Bertz CT molecular complexity index is 66.3. The van der Waals surface area contributed by atoms with Gasteiger partial charge in [0.15, 0.2) is 0 Å². The third-order valence-corrected chi connectivity index (χ3v) is 4.62. The third-order valence-electron chi connectivity index (χ3n) is 1.45. The van der Waals surface area contributed by atoms with Gasteiger partial charge in [-0.25, -0.2) is 0 Å². The quantitative estimate of drug-likeness (QED) is 0.249. The molecule has 0 saturated carbocycles. The Hall–Kier alpha value is 0.690. The van der Waals surface area contributed by atoms with E-state index in [9.17, 15) is 0 Å². The van der Waals surface area contributed by atoms with E-state index in [0.29, 0.717) is 21.2 Å². The number of halogens is 1. The van der Waals surface area contributed by atoms with E-state index in [0.717, 1.165) is 0 Å². The van der Waals surface area contributed by atoms with Gasteiger partial charge in [-0.15, -0.1) is 0 Å². The van der Waals surface area contributed by atoms with Crippen molar-refractivity contribution in [3.05, 3.63) is 0 Å². The Balaban J connectivity index is 2.89. The monoisotopic (exact) mass is 256 g/mol. The van der Waals surface area contributed by atoms with Crippen molar-refractivity contribution in [1.29, 1.82) is 0 Å². The van der Waals surface area contributed by atoms with Crippen LogP contribution in [-0.2, 0) is 0 Å². The number of hydrogen-bond donors (Lipinski definition) is 0. The van der Waals surface area contributed by atoms with Crippen LogP contribution in [0.2, 0.25) is 0 Å². The molecule has 0 aliphatic carbocycles. The summed E-state index contributed by atoms with van der Waals surface area (Å²) in [5.74, 6) is 0. The first kappa shape index (κ1) is 10.7. The Morgan fingerprint density at radius 1 is 1.30 bits per heavy atom. The molecule has 0 unspecified atom stereocenters. The van der Waals surface area contributed by atoms with Gasteiger partial charge in [0.1, 0.15) is 0 Å². The molecule has 0 N–H and O–H groups in total. The van der Waals surface area contributed by atoms with Gasteiger partial charge in [0, 0.05) is 0 Å².